The number of rotatable bonds is 41. The van der Waals surface area contributed by atoms with E-state index >= 15 is 0 Å². The van der Waals surface area contributed by atoms with E-state index in [4.69, 9.17) is 14.2 Å². The Balaban J connectivity index is 4.45. The molecule has 60 heavy (non-hydrogen) atoms. The number of unbranched alkanes of at least 4 members (excludes halogenated alkanes) is 12. The highest BCUT2D eigenvalue weighted by Crippen LogP contribution is 2.12. The number of ether oxygens (including phenoxy) is 3. The second kappa shape index (κ2) is 47.7. The van der Waals surface area contributed by atoms with Crippen LogP contribution in [0.2, 0.25) is 0 Å². The van der Waals surface area contributed by atoms with Gasteiger partial charge in [-0.05, 0) is 109 Å². The zero-order valence-electron chi connectivity index (χ0n) is 38.4. The normalized spacial score (nSPS) is 13.1. The van der Waals surface area contributed by atoms with Gasteiger partial charge < -0.3 is 14.2 Å². The average Bonchev–Trinajstić information content (AvgIpc) is 3.24. The van der Waals surface area contributed by atoms with Crippen molar-refractivity contribution in [1.29, 1.82) is 0 Å². The zero-order valence-corrected chi connectivity index (χ0v) is 38.4. The van der Waals surface area contributed by atoms with Crippen molar-refractivity contribution in [1.82, 2.24) is 0 Å². The Hall–Kier alpha value is -3.93. The van der Waals surface area contributed by atoms with Crippen molar-refractivity contribution in [2.24, 2.45) is 0 Å². The number of allylic oxidation sites excluding steroid dienone is 18. The fourth-order valence-corrected chi connectivity index (χ4v) is 6.02. The minimum atomic E-state index is -0.812. The molecule has 6 heteroatoms. The molecule has 0 rings (SSSR count). The molecular weight excluding hydrogens is 745 g/mol. The van der Waals surface area contributed by atoms with Crippen LogP contribution in [0.3, 0.4) is 0 Å². The Labute approximate surface area is 368 Å². The first-order valence-corrected chi connectivity index (χ1v) is 23.9. The summed E-state index contributed by atoms with van der Waals surface area (Å²) in [6.07, 6.45) is 63.7. The molecule has 0 amide bonds. The second-order valence-corrected chi connectivity index (χ2v) is 15.2. The maximum Gasteiger partial charge on any atom is 0.306 e. The van der Waals surface area contributed by atoms with Crippen LogP contribution < -0.4 is 0 Å². The summed E-state index contributed by atoms with van der Waals surface area (Å²) >= 11 is 0. The number of esters is 3. The molecule has 0 fully saturated rings. The third kappa shape index (κ3) is 45.2. The maximum atomic E-state index is 12.7. The summed E-state index contributed by atoms with van der Waals surface area (Å²) in [7, 11) is 0. The molecule has 1 unspecified atom stereocenters. The Morgan fingerprint density at radius 3 is 1.00 bits per heavy atom. The first-order chi connectivity index (χ1) is 29.5. The Morgan fingerprint density at radius 2 is 0.617 bits per heavy atom. The van der Waals surface area contributed by atoms with Crippen molar-refractivity contribution in [2.45, 2.75) is 200 Å². The van der Waals surface area contributed by atoms with Gasteiger partial charge in [-0.15, -0.1) is 0 Å². The number of carbonyl (C=O) groups is 3. The average molecular weight is 831 g/mol. The highest BCUT2D eigenvalue weighted by atomic mass is 16.6. The van der Waals surface area contributed by atoms with Gasteiger partial charge in [-0.3, -0.25) is 14.4 Å². The summed E-state index contributed by atoms with van der Waals surface area (Å²) < 4.78 is 16.7. The Morgan fingerprint density at radius 1 is 0.333 bits per heavy atom. The largest absolute Gasteiger partial charge is 0.462 e. The predicted molar refractivity (Wildman–Crippen MR) is 256 cm³/mol. The molecule has 6 nitrogen and oxygen atoms in total. The number of hydrogen-bond acceptors (Lipinski definition) is 6. The van der Waals surface area contributed by atoms with Crippen molar-refractivity contribution in [2.75, 3.05) is 13.2 Å². The summed E-state index contributed by atoms with van der Waals surface area (Å²) in [6, 6.07) is 0. The summed E-state index contributed by atoms with van der Waals surface area (Å²) in [5.41, 5.74) is 0. The van der Waals surface area contributed by atoms with Crippen molar-refractivity contribution in [3.05, 3.63) is 109 Å². The maximum absolute atomic E-state index is 12.7. The molecule has 0 aliphatic heterocycles. The second-order valence-electron chi connectivity index (χ2n) is 15.2. The van der Waals surface area contributed by atoms with E-state index in [9.17, 15) is 14.4 Å². The molecule has 338 valence electrons. The van der Waals surface area contributed by atoms with E-state index < -0.39 is 6.10 Å². The highest BCUT2D eigenvalue weighted by Gasteiger charge is 2.19. The van der Waals surface area contributed by atoms with Gasteiger partial charge in [-0.25, -0.2) is 0 Å². The minimum absolute atomic E-state index is 0.110. The molecule has 0 aliphatic carbocycles. The lowest BCUT2D eigenvalue weighted by molar-refractivity contribution is -0.167. The summed E-state index contributed by atoms with van der Waals surface area (Å²) in [4.78, 5) is 37.8. The van der Waals surface area contributed by atoms with Crippen LogP contribution in [0.1, 0.15) is 194 Å². The van der Waals surface area contributed by atoms with Crippen LogP contribution in [-0.2, 0) is 28.6 Å². The summed E-state index contributed by atoms with van der Waals surface area (Å²) in [6.45, 7) is 6.20. The fraction of sp³-hybridized carbons (Fsp3) is 0.611. The number of hydrogen-bond donors (Lipinski definition) is 0. The minimum Gasteiger partial charge on any atom is -0.462 e. The quantitative estimate of drug-likeness (QED) is 0.0264. The van der Waals surface area contributed by atoms with Crippen molar-refractivity contribution < 1.29 is 28.6 Å². The van der Waals surface area contributed by atoms with E-state index in [0.29, 0.717) is 19.3 Å². The van der Waals surface area contributed by atoms with Crippen LogP contribution in [0.15, 0.2) is 109 Å². The Kier molecular flexibility index (Phi) is 44.6. The van der Waals surface area contributed by atoms with Crippen molar-refractivity contribution in [3.63, 3.8) is 0 Å². The van der Waals surface area contributed by atoms with Crippen LogP contribution in [0.25, 0.3) is 0 Å². The summed E-state index contributed by atoms with van der Waals surface area (Å²) in [5.74, 6) is -1.00. The van der Waals surface area contributed by atoms with Gasteiger partial charge >= 0.3 is 17.9 Å². The topological polar surface area (TPSA) is 78.9 Å². The molecular formula is C54H86O6. The summed E-state index contributed by atoms with van der Waals surface area (Å²) in [5, 5.41) is 0. The van der Waals surface area contributed by atoms with Gasteiger partial charge in [0.15, 0.2) is 6.10 Å². The molecule has 0 aromatic rings. The molecule has 0 aliphatic rings. The monoisotopic (exact) mass is 831 g/mol. The third-order valence-electron chi connectivity index (χ3n) is 9.50. The van der Waals surface area contributed by atoms with Crippen LogP contribution in [0.4, 0.5) is 0 Å². The number of carbonyl (C=O) groups excluding carboxylic acids is 3. The Bertz CT molecular complexity index is 1280. The van der Waals surface area contributed by atoms with Gasteiger partial charge in [0.05, 0.1) is 0 Å². The van der Waals surface area contributed by atoms with Gasteiger partial charge in [-0.1, -0.05) is 175 Å². The third-order valence-corrected chi connectivity index (χ3v) is 9.50. The molecule has 0 heterocycles. The highest BCUT2D eigenvalue weighted by molar-refractivity contribution is 5.71. The van der Waals surface area contributed by atoms with Crippen LogP contribution >= 0.6 is 0 Å². The van der Waals surface area contributed by atoms with Crippen LogP contribution in [0.5, 0.6) is 0 Å². The van der Waals surface area contributed by atoms with E-state index in [1.165, 1.54) is 12.8 Å². The lowest BCUT2D eigenvalue weighted by atomic mass is 10.1. The lowest BCUT2D eigenvalue weighted by Crippen LogP contribution is -2.30. The predicted octanol–water partition coefficient (Wildman–Crippen LogP) is 15.6. The van der Waals surface area contributed by atoms with E-state index in [0.717, 1.165) is 135 Å². The van der Waals surface area contributed by atoms with Gasteiger partial charge in [0.2, 0.25) is 0 Å². The van der Waals surface area contributed by atoms with Gasteiger partial charge in [0.1, 0.15) is 13.2 Å². The van der Waals surface area contributed by atoms with Gasteiger partial charge in [0.25, 0.3) is 0 Å². The van der Waals surface area contributed by atoms with E-state index in [2.05, 4.69) is 130 Å². The molecule has 0 saturated heterocycles. The molecule has 0 bridgehead atoms. The van der Waals surface area contributed by atoms with Crippen molar-refractivity contribution in [3.8, 4) is 0 Å². The van der Waals surface area contributed by atoms with E-state index in [-0.39, 0.29) is 37.5 Å². The zero-order chi connectivity index (χ0) is 43.7. The molecule has 0 aromatic carbocycles. The lowest BCUT2D eigenvalue weighted by Gasteiger charge is -2.18. The molecule has 0 aromatic heterocycles. The molecule has 0 N–H and O–H groups in total. The first-order valence-electron chi connectivity index (χ1n) is 23.9. The fourth-order valence-electron chi connectivity index (χ4n) is 6.02. The molecule has 0 spiro atoms. The van der Waals surface area contributed by atoms with Gasteiger partial charge in [0, 0.05) is 19.3 Å². The molecule has 1 atom stereocenters. The molecule has 0 saturated carbocycles. The van der Waals surface area contributed by atoms with Crippen molar-refractivity contribution >= 4 is 17.9 Å². The van der Waals surface area contributed by atoms with E-state index in [1.54, 1.807) is 0 Å². The van der Waals surface area contributed by atoms with E-state index in [1.807, 2.05) is 0 Å². The van der Waals surface area contributed by atoms with Crippen LogP contribution in [0, 0.1) is 0 Å². The van der Waals surface area contributed by atoms with Gasteiger partial charge in [-0.2, -0.15) is 0 Å². The van der Waals surface area contributed by atoms with Crippen LogP contribution in [-0.4, -0.2) is 37.2 Å². The molecule has 0 radical (unpaired) electrons. The first kappa shape index (κ1) is 56.1. The smallest absolute Gasteiger partial charge is 0.306 e. The standard InChI is InChI=1S/C54H86O6/c1-4-7-10-13-16-19-22-24-25-26-27-28-29-30-33-35-38-41-44-47-53(56)59-50-51(49-58-52(55)46-43-40-37-34-31-21-18-15-12-9-6-3)60-54(57)48-45-42-39-36-32-23-20-17-14-11-8-5-2/h7-12,16-21,24-25,27-28,34,37,51H,4-6,13-15,22-23,26,29-33,35-36,38-50H2,1-3H3/b10-7-,11-8-,12-9-,19-16-,20-17-,21-18-,25-24-,28-27-,37-34-. The SMILES string of the molecule is CC/C=C\C/C=C\C/C=C\C/C=C\CCCCCCCCC(=O)OCC(COC(=O)CCC/C=C\C/C=C\C/C=C\CC)OC(=O)CCCCCCC/C=C\C/C=C\CC.